The molecule has 1 aromatic heterocycles. The summed E-state index contributed by atoms with van der Waals surface area (Å²) in [6, 6.07) is 9.53. The third-order valence-corrected chi connectivity index (χ3v) is 5.72. The van der Waals surface area contributed by atoms with Crippen molar-refractivity contribution in [1.82, 2.24) is 9.88 Å². The number of ether oxygens (including phenoxy) is 1. The summed E-state index contributed by atoms with van der Waals surface area (Å²) in [6.07, 6.45) is 2.05. The zero-order chi connectivity index (χ0) is 17.4. The van der Waals surface area contributed by atoms with E-state index >= 15 is 0 Å². The number of benzene rings is 1. The van der Waals surface area contributed by atoms with Gasteiger partial charge in [0.05, 0.1) is 11.1 Å². The Morgan fingerprint density at radius 1 is 1.24 bits per heavy atom. The van der Waals surface area contributed by atoms with Crippen molar-refractivity contribution in [2.45, 2.75) is 18.4 Å². The van der Waals surface area contributed by atoms with E-state index in [4.69, 9.17) is 15.5 Å². The van der Waals surface area contributed by atoms with E-state index in [2.05, 4.69) is 16.8 Å². The van der Waals surface area contributed by atoms with Crippen LogP contribution in [0.2, 0.25) is 0 Å². The lowest BCUT2D eigenvalue weighted by Gasteiger charge is -2.51. The summed E-state index contributed by atoms with van der Waals surface area (Å²) in [5.74, 6) is 0.432. The molecule has 2 aromatic rings. The Hall–Kier alpha value is -2.18. The number of fused-ring (bicyclic) bond motifs is 1. The molecule has 6 nitrogen and oxygen atoms in total. The van der Waals surface area contributed by atoms with Gasteiger partial charge in [-0.3, -0.25) is 9.69 Å². The van der Waals surface area contributed by atoms with Crippen molar-refractivity contribution in [3.63, 3.8) is 0 Å². The smallest absolute Gasteiger partial charge is 0.249 e. The Bertz CT molecular complexity index is 801. The number of aromatic nitrogens is 1. The van der Waals surface area contributed by atoms with Crippen molar-refractivity contribution in [3.8, 4) is 0 Å². The number of hydrogen-bond donors (Lipinski definition) is 1. The zero-order valence-electron chi connectivity index (χ0n) is 14.6. The fourth-order valence-corrected chi connectivity index (χ4v) is 4.08. The first-order valence-electron chi connectivity index (χ1n) is 8.83. The maximum absolute atomic E-state index is 11.9. The van der Waals surface area contributed by atoms with Crippen LogP contribution in [-0.2, 0) is 4.74 Å². The molecule has 25 heavy (non-hydrogen) atoms. The highest BCUT2D eigenvalue weighted by atomic mass is 16.5. The summed E-state index contributed by atoms with van der Waals surface area (Å²) < 4.78 is 5.57. The Kier molecular flexibility index (Phi) is 4.09. The van der Waals surface area contributed by atoms with E-state index in [9.17, 15) is 4.79 Å². The number of pyridine rings is 1. The fraction of sp³-hybridized carbons (Fsp3) is 0.474. The van der Waals surface area contributed by atoms with Gasteiger partial charge in [-0.15, -0.1) is 0 Å². The molecule has 4 rings (SSSR count). The number of para-hydroxylation sites is 1. The van der Waals surface area contributed by atoms with Gasteiger partial charge in [0.2, 0.25) is 5.91 Å². The molecule has 0 aliphatic carbocycles. The van der Waals surface area contributed by atoms with Crippen molar-refractivity contribution < 1.29 is 9.53 Å². The average molecular weight is 340 g/mol. The number of amides is 1. The van der Waals surface area contributed by atoms with Crippen molar-refractivity contribution in [3.05, 3.63) is 35.9 Å². The number of hydrogen-bond acceptors (Lipinski definition) is 5. The van der Waals surface area contributed by atoms with E-state index in [1.807, 2.05) is 30.3 Å². The minimum atomic E-state index is -0.408. The molecule has 2 fully saturated rings. The summed E-state index contributed by atoms with van der Waals surface area (Å²) in [7, 11) is 2.20. The Morgan fingerprint density at radius 2 is 2.00 bits per heavy atom. The standard InChI is InChI=1S/C19H24N4O2/c1-22-8-9-23(13-19(22)6-10-25-11-7-19)17-12-15(18(20)24)14-4-2-3-5-16(14)21-17/h2-5,12H,6-11,13H2,1H3,(H2,20,24). The van der Waals surface area contributed by atoms with Gasteiger partial charge in [0.1, 0.15) is 5.82 Å². The van der Waals surface area contributed by atoms with Crippen molar-refractivity contribution in [2.75, 3.05) is 44.8 Å². The SMILES string of the molecule is CN1CCN(c2cc(C(N)=O)c3ccccc3n2)CC12CCOCC2. The monoisotopic (exact) mass is 340 g/mol. The zero-order valence-corrected chi connectivity index (χ0v) is 14.6. The highest BCUT2D eigenvalue weighted by Crippen LogP contribution is 2.33. The molecule has 1 aromatic carbocycles. The third-order valence-electron chi connectivity index (χ3n) is 5.72. The van der Waals surface area contributed by atoms with Crippen LogP contribution in [-0.4, -0.2) is 61.2 Å². The summed E-state index contributed by atoms with van der Waals surface area (Å²) >= 11 is 0. The number of likely N-dealkylation sites (N-methyl/N-ethyl adjacent to an activating group) is 1. The Labute approximate surface area is 147 Å². The van der Waals surface area contributed by atoms with Crippen LogP contribution in [0.15, 0.2) is 30.3 Å². The van der Waals surface area contributed by atoms with Gasteiger partial charge in [-0.1, -0.05) is 18.2 Å². The molecule has 2 saturated heterocycles. The van der Waals surface area contributed by atoms with Crippen molar-refractivity contribution in [2.24, 2.45) is 5.73 Å². The number of nitrogens with zero attached hydrogens (tertiary/aromatic N) is 3. The predicted octanol–water partition coefficient (Wildman–Crippen LogP) is 1.63. The molecule has 0 bridgehead atoms. The molecule has 2 N–H and O–H groups in total. The molecule has 1 amide bonds. The van der Waals surface area contributed by atoms with Crippen LogP contribution in [0.3, 0.4) is 0 Å². The second-order valence-electron chi connectivity index (χ2n) is 7.09. The van der Waals surface area contributed by atoms with Gasteiger partial charge in [-0.05, 0) is 32.0 Å². The molecule has 0 unspecified atom stereocenters. The van der Waals surface area contributed by atoms with Crippen LogP contribution >= 0.6 is 0 Å². The van der Waals surface area contributed by atoms with Crippen molar-refractivity contribution >= 4 is 22.6 Å². The maximum atomic E-state index is 11.9. The second-order valence-corrected chi connectivity index (χ2v) is 7.09. The molecule has 2 aliphatic heterocycles. The molecule has 0 saturated carbocycles. The first-order valence-corrected chi connectivity index (χ1v) is 8.83. The van der Waals surface area contributed by atoms with E-state index < -0.39 is 5.91 Å². The minimum Gasteiger partial charge on any atom is -0.381 e. The number of rotatable bonds is 2. The largest absolute Gasteiger partial charge is 0.381 e. The number of carbonyl (C=O) groups excluding carboxylic acids is 1. The minimum absolute atomic E-state index is 0.122. The number of primary amides is 1. The number of carbonyl (C=O) groups is 1. The molecule has 2 aliphatic rings. The quantitative estimate of drug-likeness (QED) is 0.900. The van der Waals surface area contributed by atoms with Gasteiger partial charge < -0.3 is 15.4 Å². The molecular formula is C19H24N4O2. The summed E-state index contributed by atoms with van der Waals surface area (Å²) in [5.41, 5.74) is 7.10. The summed E-state index contributed by atoms with van der Waals surface area (Å²) in [4.78, 5) is 21.5. The van der Waals surface area contributed by atoms with Gasteiger partial charge in [0.15, 0.2) is 0 Å². The number of nitrogens with two attached hydrogens (primary N) is 1. The maximum Gasteiger partial charge on any atom is 0.249 e. The van der Waals surface area contributed by atoms with E-state index in [0.29, 0.717) is 5.56 Å². The lowest BCUT2D eigenvalue weighted by molar-refractivity contribution is -0.0221. The van der Waals surface area contributed by atoms with E-state index in [1.54, 1.807) is 0 Å². The predicted molar refractivity (Wildman–Crippen MR) is 97.9 cm³/mol. The van der Waals surface area contributed by atoms with Crippen LogP contribution in [0, 0.1) is 0 Å². The van der Waals surface area contributed by atoms with Crippen LogP contribution in [0.25, 0.3) is 10.9 Å². The van der Waals surface area contributed by atoms with Crippen LogP contribution in [0.5, 0.6) is 0 Å². The average Bonchev–Trinajstić information content (AvgIpc) is 2.64. The van der Waals surface area contributed by atoms with E-state index in [1.165, 1.54) is 0 Å². The Morgan fingerprint density at radius 3 is 2.76 bits per heavy atom. The summed E-state index contributed by atoms with van der Waals surface area (Å²) in [5, 5.41) is 0.814. The molecule has 3 heterocycles. The van der Waals surface area contributed by atoms with Gasteiger partial charge in [-0.2, -0.15) is 0 Å². The molecular weight excluding hydrogens is 316 g/mol. The van der Waals surface area contributed by atoms with Gasteiger partial charge in [0, 0.05) is 43.8 Å². The van der Waals surface area contributed by atoms with Crippen molar-refractivity contribution in [1.29, 1.82) is 0 Å². The van der Waals surface area contributed by atoms with E-state index in [-0.39, 0.29) is 5.54 Å². The Balaban J connectivity index is 1.73. The molecule has 0 atom stereocenters. The van der Waals surface area contributed by atoms with Gasteiger partial charge in [-0.25, -0.2) is 4.98 Å². The highest BCUT2D eigenvalue weighted by Gasteiger charge is 2.41. The second kappa shape index (κ2) is 6.28. The normalized spacial score (nSPS) is 20.9. The lowest BCUT2D eigenvalue weighted by Crippen LogP contribution is -2.63. The first kappa shape index (κ1) is 16.3. The molecule has 6 heteroatoms. The number of piperazine rings is 1. The topological polar surface area (TPSA) is 71.7 Å². The summed E-state index contributed by atoms with van der Waals surface area (Å²) in [6.45, 7) is 4.37. The lowest BCUT2D eigenvalue weighted by atomic mass is 9.86. The highest BCUT2D eigenvalue weighted by molar-refractivity contribution is 6.06. The van der Waals surface area contributed by atoms with Gasteiger partial charge in [0.25, 0.3) is 0 Å². The third kappa shape index (κ3) is 2.85. The molecule has 132 valence electrons. The van der Waals surface area contributed by atoms with Gasteiger partial charge >= 0.3 is 0 Å². The van der Waals surface area contributed by atoms with E-state index in [0.717, 1.165) is 62.4 Å². The van der Waals surface area contributed by atoms with Crippen LogP contribution in [0.4, 0.5) is 5.82 Å². The van der Waals surface area contributed by atoms with Crippen LogP contribution in [0.1, 0.15) is 23.2 Å². The molecule has 0 radical (unpaired) electrons. The fourth-order valence-electron chi connectivity index (χ4n) is 4.08. The number of anilines is 1. The molecule has 1 spiro atoms. The first-order chi connectivity index (χ1) is 12.1. The van der Waals surface area contributed by atoms with Crippen LogP contribution < -0.4 is 10.6 Å².